The number of rotatable bonds is 5. The van der Waals surface area contributed by atoms with Gasteiger partial charge in [0.1, 0.15) is 5.82 Å². The number of carbonyl (C=O) groups excluding carboxylic acids is 1. The summed E-state index contributed by atoms with van der Waals surface area (Å²) in [6.45, 7) is 0. The molecule has 4 aromatic heterocycles. The molecule has 7 heteroatoms. The summed E-state index contributed by atoms with van der Waals surface area (Å²) in [5.74, 6) is 0.766. The number of pyridine rings is 3. The van der Waals surface area contributed by atoms with E-state index < -0.39 is 0 Å². The molecule has 140 valence electrons. The van der Waals surface area contributed by atoms with Gasteiger partial charge in [0.25, 0.3) is 0 Å². The van der Waals surface area contributed by atoms with Gasteiger partial charge in [-0.2, -0.15) is 0 Å². The van der Waals surface area contributed by atoms with E-state index in [1.165, 1.54) is 0 Å². The van der Waals surface area contributed by atoms with Crippen molar-refractivity contribution in [1.82, 2.24) is 24.5 Å². The van der Waals surface area contributed by atoms with Crippen LogP contribution in [0.5, 0.6) is 0 Å². The quantitative estimate of drug-likeness (QED) is 0.501. The van der Waals surface area contributed by atoms with Crippen LogP contribution in [0.3, 0.4) is 0 Å². The van der Waals surface area contributed by atoms with E-state index >= 15 is 0 Å². The molecule has 0 radical (unpaired) electrons. The fraction of sp³-hybridized carbons (Fsp3) is 0.190. The van der Waals surface area contributed by atoms with Gasteiger partial charge in [-0.25, -0.2) is 9.97 Å². The minimum Gasteiger partial charge on any atom is -0.363 e. The van der Waals surface area contributed by atoms with Gasteiger partial charge in [0.2, 0.25) is 0 Å². The number of carbonyl (C=O) groups is 1. The second-order valence-corrected chi connectivity index (χ2v) is 6.88. The maximum Gasteiger partial charge on any atom is 0.169 e. The summed E-state index contributed by atoms with van der Waals surface area (Å²) in [4.78, 5) is 31.9. The highest BCUT2D eigenvalue weighted by molar-refractivity contribution is 5.98. The zero-order valence-electron chi connectivity index (χ0n) is 16.0. The van der Waals surface area contributed by atoms with Crippen molar-refractivity contribution in [3.8, 4) is 11.4 Å². The zero-order valence-corrected chi connectivity index (χ0v) is 16.0. The lowest BCUT2D eigenvalue weighted by molar-refractivity contribution is 0.0992. The lowest BCUT2D eigenvalue weighted by atomic mass is 10.1. The molecule has 0 aromatic carbocycles. The monoisotopic (exact) mass is 372 g/mol. The number of Topliss-reactive ketones (excluding diaryl/α,β-unsaturated/α-hetero) is 1. The molecular formula is C21H20N6O. The van der Waals surface area contributed by atoms with Crippen LogP contribution in [0.15, 0.2) is 55.4 Å². The van der Waals surface area contributed by atoms with Crippen molar-refractivity contribution in [2.45, 2.75) is 6.42 Å². The van der Waals surface area contributed by atoms with Gasteiger partial charge in [-0.05, 0) is 29.7 Å². The van der Waals surface area contributed by atoms with E-state index in [0.29, 0.717) is 5.56 Å². The van der Waals surface area contributed by atoms with Gasteiger partial charge in [0.05, 0.1) is 30.3 Å². The topological polar surface area (TPSA) is 76.8 Å². The number of ketones is 1. The van der Waals surface area contributed by atoms with Crippen molar-refractivity contribution >= 4 is 22.4 Å². The number of hydrogen-bond donors (Lipinski definition) is 0. The normalized spacial score (nSPS) is 11.0. The molecule has 0 spiro atoms. The van der Waals surface area contributed by atoms with Crippen molar-refractivity contribution in [2.75, 3.05) is 19.0 Å². The summed E-state index contributed by atoms with van der Waals surface area (Å²) >= 11 is 0. The lowest BCUT2D eigenvalue weighted by Crippen LogP contribution is -2.12. The predicted molar refractivity (Wildman–Crippen MR) is 108 cm³/mol. The molecule has 4 rings (SSSR count). The standard InChI is InChI=1S/C21H20N6O/c1-26(2)21-8-14(4-5-23-21)20(28)9-17-6-15-7-18(19-12-22-13-27(19)3)25-11-16(15)10-24-17/h4-8,10-13H,9H2,1-3H3. The molecule has 0 aliphatic carbocycles. The van der Waals surface area contributed by atoms with E-state index in [2.05, 4.69) is 19.9 Å². The summed E-state index contributed by atoms with van der Waals surface area (Å²) in [6.07, 6.45) is 8.97. The van der Waals surface area contributed by atoms with Gasteiger partial charge in [-0.1, -0.05) is 0 Å². The van der Waals surface area contributed by atoms with Crippen LogP contribution in [-0.2, 0) is 13.5 Å². The van der Waals surface area contributed by atoms with Gasteiger partial charge in [0, 0.05) is 56.4 Å². The Bertz CT molecular complexity index is 1160. The second-order valence-electron chi connectivity index (χ2n) is 6.88. The summed E-state index contributed by atoms with van der Waals surface area (Å²) in [5, 5.41) is 1.92. The van der Waals surface area contributed by atoms with Crippen LogP contribution >= 0.6 is 0 Å². The molecule has 0 fully saturated rings. The van der Waals surface area contributed by atoms with Crippen LogP contribution in [0.4, 0.5) is 5.82 Å². The average Bonchev–Trinajstić information content (AvgIpc) is 3.13. The van der Waals surface area contributed by atoms with Crippen molar-refractivity contribution in [3.63, 3.8) is 0 Å². The first-order valence-corrected chi connectivity index (χ1v) is 8.89. The lowest BCUT2D eigenvalue weighted by Gasteiger charge is -2.11. The number of aromatic nitrogens is 5. The highest BCUT2D eigenvalue weighted by atomic mass is 16.1. The van der Waals surface area contributed by atoms with E-state index in [-0.39, 0.29) is 12.2 Å². The summed E-state index contributed by atoms with van der Waals surface area (Å²) in [7, 11) is 5.73. The smallest absolute Gasteiger partial charge is 0.169 e. The van der Waals surface area contributed by atoms with E-state index in [0.717, 1.165) is 33.7 Å². The molecular weight excluding hydrogens is 352 g/mol. The number of hydrogen-bond acceptors (Lipinski definition) is 6. The van der Waals surface area contributed by atoms with Gasteiger partial charge in [0.15, 0.2) is 5.78 Å². The first-order chi connectivity index (χ1) is 13.5. The average molecular weight is 372 g/mol. The largest absolute Gasteiger partial charge is 0.363 e. The molecule has 28 heavy (non-hydrogen) atoms. The van der Waals surface area contributed by atoms with Crippen molar-refractivity contribution in [1.29, 1.82) is 0 Å². The van der Waals surface area contributed by atoms with Crippen molar-refractivity contribution < 1.29 is 4.79 Å². The Morgan fingerprint density at radius 1 is 1.04 bits per heavy atom. The molecule has 0 N–H and O–H groups in total. The minimum absolute atomic E-state index is 0.0123. The molecule has 7 nitrogen and oxygen atoms in total. The van der Waals surface area contributed by atoms with Crippen molar-refractivity contribution in [2.24, 2.45) is 7.05 Å². The molecule has 0 bridgehead atoms. The molecule has 0 atom stereocenters. The SMILES string of the molecule is CN(C)c1cc(C(=O)Cc2cc3cc(-c4cncn4C)ncc3cn2)ccn1. The van der Waals surface area contributed by atoms with E-state index in [9.17, 15) is 4.79 Å². The molecule has 0 aliphatic rings. The third kappa shape index (κ3) is 3.46. The third-order valence-corrected chi connectivity index (χ3v) is 4.61. The Morgan fingerprint density at radius 3 is 2.61 bits per heavy atom. The van der Waals surface area contributed by atoms with Crippen LogP contribution < -0.4 is 4.90 Å². The Morgan fingerprint density at radius 2 is 1.86 bits per heavy atom. The Hall–Kier alpha value is -3.61. The minimum atomic E-state index is 0.0123. The fourth-order valence-corrected chi connectivity index (χ4v) is 3.03. The molecule has 0 saturated carbocycles. The van der Waals surface area contributed by atoms with Crippen molar-refractivity contribution in [3.05, 3.63) is 66.6 Å². The summed E-state index contributed by atoms with van der Waals surface area (Å²) < 4.78 is 1.92. The Balaban J connectivity index is 1.63. The van der Waals surface area contributed by atoms with Crippen LogP contribution in [0.25, 0.3) is 22.2 Å². The number of anilines is 1. The van der Waals surface area contributed by atoms with E-state index in [1.807, 2.05) is 42.7 Å². The number of aryl methyl sites for hydroxylation is 1. The second kappa shape index (κ2) is 7.19. The maximum absolute atomic E-state index is 12.7. The first kappa shape index (κ1) is 17.8. The Kier molecular flexibility index (Phi) is 4.57. The first-order valence-electron chi connectivity index (χ1n) is 8.89. The van der Waals surface area contributed by atoms with Crippen LogP contribution in [0.1, 0.15) is 16.1 Å². The molecule has 4 aromatic rings. The molecule has 0 aliphatic heterocycles. The zero-order chi connectivity index (χ0) is 19.7. The third-order valence-electron chi connectivity index (χ3n) is 4.61. The molecule has 4 heterocycles. The van der Waals surface area contributed by atoms with Gasteiger partial charge >= 0.3 is 0 Å². The number of fused-ring (bicyclic) bond motifs is 1. The van der Waals surface area contributed by atoms with E-state index in [4.69, 9.17) is 0 Å². The predicted octanol–water partition coefficient (Wildman–Crippen LogP) is 2.92. The summed E-state index contributed by atoms with van der Waals surface area (Å²) in [5.41, 5.74) is 3.12. The van der Waals surface area contributed by atoms with Gasteiger partial charge < -0.3 is 9.47 Å². The fourth-order valence-electron chi connectivity index (χ4n) is 3.03. The Labute approximate surface area is 162 Å². The van der Waals surface area contributed by atoms with Crippen LogP contribution in [-0.4, -0.2) is 44.4 Å². The van der Waals surface area contributed by atoms with Crippen LogP contribution in [0, 0.1) is 0 Å². The number of nitrogens with zero attached hydrogens (tertiary/aromatic N) is 6. The number of imidazole rings is 1. The molecule has 0 unspecified atom stereocenters. The van der Waals surface area contributed by atoms with E-state index in [1.54, 1.807) is 43.2 Å². The van der Waals surface area contributed by atoms with Gasteiger partial charge in [-0.3, -0.25) is 14.8 Å². The molecule has 0 amide bonds. The highest BCUT2D eigenvalue weighted by Gasteiger charge is 2.12. The van der Waals surface area contributed by atoms with Crippen LogP contribution in [0.2, 0.25) is 0 Å². The summed E-state index contributed by atoms with van der Waals surface area (Å²) in [6, 6.07) is 7.48. The molecule has 0 saturated heterocycles. The van der Waals surface area contributed by atoms with Gasteiger partial charge in [-0.15, -0.1) is 0 Å². The highest BCUT2D eigenvalue weighted by Crippen LogP contribution is 2.22. The maximum atomic E-state index is 12.7.